The van der Waals surface area contributed by atoms with Gasteiger partial charge in [0.25, 0.3) is 0 Å². The van der Waals surface area contributed by atoms with Crippen LogP contribution in [0.5, 0.6) is 0 Å². The van der Waals surface area contributed by atoms with Crippen LogP contribution in [0, 0.1) is 6.92 Å². The second kappa shape index (κ2) is 4.46. The summed E-state index contributed by atoms with van der Waals surface area (Å²) in [7, 11) is 0. The maximum Gasteiger partial charge on any atom is 0.134 e. The van der Waals surface area contributed by atoms with Gasteiger partial charge in [-0.1, -0.05) is 30.4 Å². The zero-order valence-corrected chi connectivity index (χ0v) is 11.9. The lowest BCUT2D eigenvalue weighted by Crippen LogP contribution is -2.12. The van der Waals surface area contributed by atoms with Crippen molar-refractivity contribution in [1.29, 1.82) is 0 Å². The minimum atomic E-state index is 0.217. The summed E-state index contributed by atoms with van der Waals surface area (Å²) in [4.78, 5) is 5.92. The van der Waals surface area contributed by atoms with Gasteiger partial charge in [-0.25, -0.2) is 4.98 Å². The van der Waals surface area contributed by atoms with E-state index in [2.05, 4.69) is 58.9 Å². The highest BCUT2D eigenvalue weighted by molar-refractivity contribution is 7.19. The second-order valence-corrected chi connectivity index (χ2v) is 6.17. The van der Waals surface area contributed by atoms with E-state index in [9.17, 15) is 0 Å². The van der Waals surface area contributed by atoms with E-state index in [1.807, 2.05) is 24.3 Å². The molecule has 3 heteroatoms. The maximum absolute atomic E-state index is 4.59. The smallest absolute Gasteiger partial charge is 0.134 e. The Bertz CT molecular complexity index is 784. The molecular weight excluding hydrogens is 264 g/mol. The van der Waals surface area contributed by atoms with Crippen LogP contribution in [0.2, 0.25) is 0 Å². The topological polar surface area (TPSA) is 24.9 Å². The molecule has 1 unspecified atom stereocenters. The quantitative estimate of drug-likeness (QED) is 0.692. The second-order valence-electron chi connectivity index (χ2n) is 5.06. The summed E-state index contributed by atoms with van der Waals surface area (Å²) in [6.45, 7) is 2.02. The highest BCUT2D eigenvalue weighted by Gasteiger charge is 2.17. The molecule has 3 heterocycles. The Morgan fingerprint density at radius 1 is 1.15 bits per heavy atom. The van der Waals surface area contributed by atoms with Gasteiger partial charge in [0.2, 0.25) is 0 Å². The van der Waals surface area contributed by atoms with Crippen molar-refractivity contribution in [3.05, 3.63) is 64.7 Å². The number of anilines is 1. The van der Waals surface area contributed by atoms with Gasteiger partial charge in [0, 0.05) is 20.8 Å². The van der Waals surface area contributed by atoms with Crippen molar-refractivity contribution in [2.75, 3.05) is 5.32 Å². The average Bonchev–Trinajstić information content (AvgIpc) is 2.90. The number of rotatable bonds is 1. The van der Waals surface area contributed by atoms with Gasteiger partial charge in [-0.2, -0.15) is 0 Å². The molecule has 2 nitrogen and oxygen atoms in total. The lowest BCUT2D eigenvalue weighted by molar-refractivity contribution is 0.978. The van der Waals surface area contributed by atoms with Gasteiger partial charge in [-0.3, -0.25) is 0 Å². The van der Waals surface area contributed by atoms with Crippen molar-refractivity contribution in [1.82, 2.24) is 4.98 Å². The Hall–Kier alpha value is -2.13. The molecule has 98 valence electrons. The predicted octanol–water partition coefficient (Wildman–Crippen LogP) is 4.78. The van der Waals surface area contributed by atoms with Gasteiger partial charge >= 0.3 is 0 Å². The molecule has 1 aromatic carbocycles. The lowest BCUT2D eigenvalue weighted by atomic mass is 10.1. The monoisotopic (exact) mass is 278 g/mol. The lowest BCUT2D eigenvalue weighted by Gasteiger charge is -2.20. The normalized spacial score (nSPS) is 16.9. The molecule has 0 radical (unpaired) electrons. The predicted molar refractivity (Wildman–Crippen MR) is 86.2 cm³/mol. The third-order valence-corrected chi connectivity index (χ3v) is 4.78. The van der Waals surface area contributed by atoms with Crippen molar-refractivity contribution >= 4 is 33.3 Å². The van der Waals surface area contributed by atoms with Crippen LogP contribution < -0.4 is 5.32 Å². The van der Waals surface area contributed by atoms with E-state index in [0.717, 1.165) is 17.1 Å². The summed E-state index contributed by atoms with van der Waals surface area (Å²) in [5, 5.41) is 4.84. The van der Waals surface area contributed by atoms with Crippen molar-refractivity contribution in [2.45, 2.75) is 13.0 Å². The van der Waals surface area contributed by atoms with Crippen LogP contribution >= 0.6 is 11.3 Å². The van der Waals surface area contributed by atoms with Crippen molar-refractivity contribution < 1.29 is 0 Å². The van der Waals surface area contributed by atoms with Gasteiger partial charge in [0.15, 0.2) is 0 Å². The largest absolute Gasteiger partial charge is 0.358 e. The fourth-order valence-electron chi connectivity index (χ4n) is 2.53. The molecular formula is C17H14N2S. The molecule has 1 N–H and O–H groups in total. The SMILES string of the molecule is Cc1ccc2c(n1)NC(c1cc3ccccc3s1)C=C2. The Balaban J connectivity index is 1.74. The maximum atomic E-state index is 4.59. The zero-order valence-electron chi connectivity index (χ0n) is 11.1. The Morgan fingerprint density at radius 2 is 2.05 bits per heavy atom. The molecule has 2 aromatic heterocycles. The number of fused-ring (bicyclic) bond motifs is 2. The third-order valence-electron chi connectivity index (χ3n) is 3.58. The molecule has 0 fully saturated rings. The van der Waals surface area contributed by atoms with E-state index in [1.165, 1.54) is 15.0 Å². The molecule has 20 heavy (non-hydrogen) atoms. The molecule has 0 amide bonds. The summed E-state index contributed by atoms with van der Waals surface area (Å²) in [5.41, 5.74) is 2.20. The van der Waals surface area contributed by atoms with E-state index in [4.69, 9.17) is 0 Å². The minimum absolute atomic E-state index is 0.217. The van der Waals surface area contributed by atoms with Gasteiger partial charge in [0.1, 0.15) is 5.82 Å². The molecule has 0 saturated heterocycles. The summed E-state index contributed by atoms with van der Waals surface area (Å²) in [6, 6.07) is 15.2. The molecule has 1 aliphatic rings. The number of benzene rings is 1. The number of nitrogens with one attached hydrogen (secondary N) is 1. The van der Waals surface area contributed by atoms with Crippen molar-refractivity contribution in [2.24, 2.45) is 0 Å². The van der Waals surface area contributed by atoms with Gasteiger partial charge in [-0.15, -0.1) is 11.3 Å². The van der Waals surface area contributed by atoms with Gasteiger partial charge in [0.05, 0.1) is 6.04 Å². The van der Waals surface area contributed by atoms with Gasteiger partial charge in [-0.05, 0) is 36.6 Å². The zero-order chi connectivity index (χ0) is 13.5. The number of hydrogen-bond acceptors (Lipinski definition) is 3. The van der Waals surface area contributed by atoms with E-state index >= 15 is 0 Å². The molecule has 0 saturated carbocycles. The Kier molecular flexibility index (Phi) is 2.60. The van der Waals surface area contributed by atoms with E-state index in [-0.39, 0.29) is 6.04 Å². The first-order chi connectivity index (χ1) is 9.79. The Morgan fingerprint density at radius 3 is 2.95 bits per heavy atom. The minimum Gasteiger partial charge on any atom is -0.358 e. The van der Waals surface area contributed by atoms with Gasteiger partial charge < -0.3 is 5.32 Å². The molecule has 1 atom stereocenters. The summed E-state index contributed by atoms with van der Waals surface area (Å²) in [6.07, 6.45) is 4.37. The molecule has 4 rings (SSSR count). The first kappa shape index (κ1) is 11.7. The first-order valence-electron chi connectivity index (χ1n) is 6.70. The molecule has 1 aliphatic heterocycles. The van der Waals surface area contributed by atoms with Crippen LogP contribution in [0.15, 0.2) is 48.5 Å². The average molecular weight is 278 g/mol. The van der Waals surface area contributed by atoms with Crippen LogP contribution in [-0.2, 0) is 0 Å². The standard InChI is InChI=1S/C17H14N2S/c1-11-6-7-12-8-9-14(19-17(12)18-11)16-10-13-4-2-3-5-15(13)20-16/h2-10,14H,1H3,(H,18,19). The molecule has 3 aromatic rings. The molecule has 0 aliphatic carbocycles. The number of aromatic nitrogens is 1. The number of nitrogens with zero attached hydrogens (tertiary/aromatic N) is 1. The first-order valence-corrected chi connectivity index (χ1v) is 7.52. The number of aryl methyl sites for hydroxylation is 1. The highest BCUT2D eigenvalue weighted by atomic mass is 32.1. The highest BCUT2D eigenvalue weighted by Crippen LogP contribution is 2.35. The number of hydrogen-bond donors (Lipinski definition) is 1. The third kappa shape index (κ3) is 1.91. The van der Waals surface area contributed by atoms with Crippen LogP contribution in [-0.4, -0.2) is 4.98 Å². The fraction of sp³-hybridized carbons (Fsp3) is 0.118. The van der Waals surface area contributed by atoms with E-state index in [0.29, 0.717) is 0 Å². The van der Waals surface area contributed by atoms with Crippen molar-refractivity contribution in [3.8, 4) is 0 Å². The summed E-state index contributed by atoms with van der Waals surface area (Å²) >= 11 is 1.84. The van der Waals surface area contributed by atoms with Crippen molar-refractivity contribution in [3.63, 3.8) is 0 Å². The number of pyridine rings is 1. The van der Waals surface area contributed by atoms with Crippen LogP contribution in [0.1, 0.15) is 22.2 Å². The number of thiophene rings is 1. The van der Waals surface area contributed by atoms with Crippen LogP contribution in [0.25, 0.3) is 16.2 Å². The molecule has 0 spiro atoms. The summed E-state index contributed by atoms with van der Waals surface area (Å²) < 4.78 is 1.33. The Labute approximate surface area is 121 Å². The van der Waals surface area contributed by atoms with Crippen LogP contribution in [0.4, 0.5) is 5.82 Å². The summed E-state index contributed by atoms with van der Waals surface area (Å²) in [5.74, 6) is 0.981. The fourth-order valence-corrected chi connectivity index (χ4v) is 3.63. The van der Waals surface area contributed by atoms with E-state index < -0.39 is 0 Å². The van der Waals surface area contributed by atoms with Crippen LogP contribution in [0.3, 0.4) is 0 Å². The molecule has 0 bridgehead atoms. The van der Waals surface area contributed by atoms with E-state index in [1.54, 1.807) is 0 Å².